The predicted molar refractivity (Wildman–Crippen MR) is 261 cm³/mol. The van der Waals surface area contributed by atoms with Crippen molar-refractivity contribution in [2.75, 3.05) is 0 Å². The normalized spacial score (nSPS) is 12.7. The molecule has 0 aliphatic carbocycles. The van der Waals surface area contributed by atoms with Crippen LogP contribution in [0.4, 0.5) is 0 Å². The Labute approximate surface area is 397 Å². The minimum absolute atomic E-state index is 0. The van der Waals surface area contributed by atoms with Crippen LogP contribution in [0.25, 0.3) is 94.4 Å². The van der Waals surface area contributed by atoms with Gasteiger partial charge in [-0.25, -0.2) is 4.98 Å². The number of hydrogen-bond acceptors (Lipinski definition) is 6. The van der Waals surface area contributed by atoms with Crippen LogP contribution in [0.15, 0.2) is 148 Å². The second-order valence-corrected chi connectivity index (χ2v) is 17.9. The zero-order valence-electron chi connectivity index (χ0n) is 40.3. The Bertz CT molecular complexity index is 3600. The molecule has 325 valence electrons. The maximum atomic E-state index is 7.87. The number of oxazole rings is 1. The summed E-state index contributed by atoms with van der Waals surface area (Å²) in [5, 5.41) is 3.87. The van der Waals surface area contributed by atoms with Gasteiger partial charge in [0.1, 0.15) is 5.52 Å². The fraction of sp³-hybridized carbons (Fsp3) is 0.193. The smallest absolute Gasteiger partial charge is 0.196 e. The van der Waals surface area contributed by atoms with E-state index in [1.807, 2.05) is 54.7 Å². The van der Waals surface area contributed by atoms with Crippen LogP contribution >= 0.6 is 0 Å². The molecule has 11 rings (SSSR count). The number of imidazole rings is 1. The number of furan rings is 1. The van der Waals surface area contributed by atoms with E-state index in [1.54, 1.807) is 6.07 Å². The van der Waals surface area contributed by atoms with Crippen LogP contribution in [0.5, 0.6) is 0 Å². The van der Waals surface area contributed by atoms with E-state index in [-0.39, 0.29) is 43.2 Å². The van der Waals surface area contributed by atoms with Gasteiger partial charge in [0.2, 0.25) is 0 Å². The van der Waals surface area contributed by atoms with Crippen LogP contribution in [0, 0.1) is 19.0 Å². The van der Waals surface area contributed by atoms with Gasteiger partial charge in [0.05, 0.1) is 28.3 Å². The molecule has 0 bridgehead atoms. The van der Waals surface area contributed by atoms with E-state index in [1.165, 1.54) is 22.3 Å². The molecule has 65 heavy (non-hydrogen) atoms. The molecule has 1 radical (unpaired) electrons. The maximum Gasteiger partial charge on any atom is 0.196 e. The van der Waals surface area contributed by atoms with E-state index in [0.717, 1.165) is 55.3 Å². The average Bonchev–Trinajstić information content (AvgIpc) is 4.06. The standard InChI is InChI=1S/C43H34N3O2.C14H15N2.Ir/c1-24(2)34-22-29(27-12-7-6-8-13-27)23-35(25(3)4)38(34)46-39-30-15-10-9-14-28(30)18-20-36(39)45-43(46)33-17-11-16-31-32-19-21-37-42(47-26(5)44-37)41(32)48-40(31)33;1-14(2,3)12-9-10-15-13(16-12)11-7-5-4-6-8-11;/h6-16,18-25H,1-5H3;4-7,9-10H,1-3H3;/q2*-1;/i5D3;;. The number of benzene rings is 7. The van der Waals surface area contributed by atoms with E-state index in [9.17, 15) is 0 Å². The van der Waals surface area contributed by atoms with E-state index in [4.69, 9.17) is 17.9 Å². The van der Waals surface area contributed by atoms with Gasteiger partial charge in [-0.2, -0.15) is 0 Å². The monoisotopic (exact) mass is 1030 g/mol. The minimum Gasteiger partial charge on any atom is -0.497 e. The van der Waals surface area contributed by atoms with Crippen LogP contribution in [0.3, 0.4) is 0 Å². The molecule has 0 fully saturated rings. The van der Waals surface area contributed by atoms with Gasteiger partial charge < -0.3 is 13.4 Å². The summed E-state index contributed by atoms with van der Waals surface area (Å²) in [6.07, 6.45) is 1.81. The molecule has 0 aliphatic rings. The van der Waals surface area contributed by atoms with Gasteiger partial charge in [0.15, 0.2) is 17.1 Å². The van der Waals surface area contributed by atoms with E-state index in [2.05, 4.69) is 159 Å². The third kappa shape index (κ3) is 7.96. The number of aryl methyl sites for hydroxylation is 1. The van der Waals surface area contributed by atoms with Crippen molar-refractivity contribution in [3.05, 3.63) is 175 Å². The molecule has 4 heterocycles. The van der Waals surface area contributed by atoms with Crippen molar-refractivity contribution in [3.8, 4) is 39.6 Å². The van der Waals surface area contributed by atoms with E-state index in [0.29, 0.717) is 33.7 Å². The molecule has 0 N–H and O–H groups in total. The SMILES string of the molecule is CC(C)(C)c1ccnc(-c2[c-]cccc2)n1.[2H]C([2H])([2H])c1nc2ccc3c4cc[c-]c(-c5nc6ccc7ccccc7c6n5-c5c(C(C)C)cc(-c6ccccc6)cc5C(C)C)c4oc3c2o1.[Ir]. The van der Waals surface area contributed by atoms with Crippen molar-refractivity contribution in [2.45, 2.75) is 72.6 Å². The molecule has 8 heteroatoms. The molecule has 4 aromatic heterocycles. The first kappa shape index (κ1) is 39.8. The van der Waals surface area contributed by atoms with Gasteiger partial charge >= 0.3 is 0 Å². The number of hydrogen-bond donors (Lipinski definition) is 0. The Balaban J connectivity index is 0.000000289. The topological polar surface area (TPSA) is 82.8 Å². The zero-order chi connectivity index (χ0) is 46.8. The Morgan fingerprint density at radius 2 is 1.35 bits per heavy atom. The first-order valence-electron chi connectivity index (χ1n) is 23.3. The van der Waals surface area contributed by atoms with Crippen LogP contribution < -0.4 is 0 Å². The molecular formula is C57H49IrN5O2-2. The van der Waals surface area contributed by atoms with Crippen LogP contribution in [-0.4, -0.2) is 24.5 Å². The van der Waals surface area contributed by atoms with Crippen molar-refractivity contribution >= 4 is 54.8 Å². The largest absolute Gasteiger partial charge is 0.497 e. The summed E-state index contributed by atoms with van der Waals surface area (Å²) in [4.78, 5) is 18.5. The van der Waals surface area contributed by atoms with Gasteiger partial charge in [0.25, 0.3) is 0 Å². The fourth-order valence-electron chi connectivity index (χ4n) is 8.63. The second-order valence-electron chi connectivity index (χ2n) is 17.9. The molecule has 0 saturated heterocycles. The summed E-state index contributed by atoms with van der Waals surface area (Å²) in [5.41, 5.74) is 12.3. The molecule has 7 aromatic carbocycles. The molecule has 0 aliphatic heterocycles. The summed E-state index contributed by atoms with van der Waals surface area (Å²) in [6, 6.07) is 51.8. The first-order chi connectivity index (χ1) is 32.2. The molecule has 0 spiro atoms. The van der Waals surface area contributed by atoms with Crippen molar-refractivity contribution in [2.24, 2.45) is 0 Å². The van der Waals surface area contributed by atoms with Gasteiger partial charge in [-0.15, -0.1) is 54.1 Å². The average molecular weight is 1030 g/mol. The van der Waals surface area contributed by atoms with Gasteiger partial charge in [-0.3, -0.25) is 15.0 Å². The van der Waals surface area contributed by atoms with Gasteiger partial charge in [0, 0.05) is 64.8 Å². The number of nitrogens with zero attached hydrogens (tertiary/aromatic N) is 5. The van der Waals surface area contributed by atoms with Gasteiger partial charge in [-0.05, 0) is 75.9 Å². The molecule has 0 unspecified atom stereocenters. The Hall–Kier alpha value is -6.73. The quantitative estimate of drug-likeness (QED) is 0.154. The van der Waals surface area contributed by atoms with Gasteiger partial charge in [-0.1, -0.05) is 120 Å². The molecule has 0 saturated carbocycles. The molecule has 0 atom stereocenters. The Morgan fingerprint density at radius 1 is 0.631 bits per heavy atom. The van der Waals surface area contributed by atoms with Crippen molar-refractivity contribution < 1.29 is 33.1 Å². The summed E-state index contributed by atoms with van der Waals surface area (Å²) >= 11 is 0. The molecular weight excluding hydrogens is 979 g/mol. The summed E-state index contributed by atoms with van der Waals surface area (Å²) in [5.74, 6) is 1.53. The predicted octanol–water partition coefficient (Wildman–Crippen LogP) is 15.1. The molecule has 7 nitrogen and oxygen atoms in total. The Morgan fingerprint density at radius 3 is 2.08 bits per heavy atom. The molecule has 11 aromatic rings. The molecule has 0 amide bonds. The minimum atomic E-state index is -2.48. The van der Waals surface area contributed by atoms with Crippen molar-refractivity contribution in [1.29, 1.82) is 0 Å². The summed E-state index contributed by atoms with van der Waals surface area (Å²) < 4.78 is 38.5. The maximum absolute atomic E-state index is 7.87. The number of aromatic nitrogens is 5. The van der Waals surface area contributed by atoms with E-state index >= 15 is 0 Å². The zero-order valence-corrected chi connectivity index (χ0v) is 39.7. The number of rotatable bonds is 6. The first-order valence-corrected chi connectivity index (χ1v) is 21.8. The van der Waals surface area contributed by atoms with Crippen LogP contribution in [-0.2, 0) is 25.5 Å². The third-order valence-corrected chi connectivity index (χ3v) is 11.8. The summed E-state index contributed by atoms with van der Waals surface area (Å²) in [6.45, 7) is 12.9. The Kier molecular flexibility index (Phi) is 10.6. The fourth-order valence-corrected chi connectivity index (χ4v) is 8.63. The van der Waals surface area contributed by atoms with Crippen molar-refractivity contribution in [1.82, 2.24) is 24.5 Å². The van der Waals surface area contributed by atoms with Crippen molar-refractivity contribution in [3.63, 3.8) is 0 Å². The van der Waals surface area contributed by atoms with Crippen LogP contribution in [0.2, 0.25) is 0 Å². The van der Waals surface area contributed by atoms with E-state index < -0.39 is 6.85 Å². The second kappa shape index (κ2) is 17.3. The number of fused-ring (bicyclic) bond motifs is 8. The van der Waals surface area contributed by atoms with Crippen LogP contribution in [0.1, 0.15) is 87.1 Å². The summed E-state index contributed by atoms with van der Waals surface area (Å²) in [7, 11) is 0. The third-order valence-electron chi connectivity index (χ3n) is 11.8.